The van der Waals surface area contributed by atoms with Crippen molar-refractivity contribution in [3.05, 3.63) is 68.9 Å². The predicted octanol–water partition coefficient (Wildman–Crippen LogP) is 1.21. The van der Waals surface area contributed by atoms with Crippen LogP contribution in [0.5, 0.6) is 0 Å². The average molecular weight is 387 g/mol. The largest absolute Gasteiger partial charge is 0.396 e. The first-order valence-electron chi connectivity index (χ1n) is 8.95. The number of aromatic amines is 1. The van der Waals surface area contributed by atoms with Crippen LogP contribution in [-0.2, 0) is 6.54 Å². The van der Waals surface area contributed by atoms with Gasteiger partial charge in [0.15, 0.2) is 0 Å². The lowest BCUT2D eigenvalue weighted by Crippen LogP contribution is -2.33. The van der Waals surface area contributed by atoms with Crippen LogP contribution in [0, 0.1) is 18.7 Å². The summed E-state index contributed by atoms with van der Waals surface area (Å²) in [4.78, 5) is 40.9. The summed E-state index contributed by atoms with van der Waals surface area (Å²) in [6, 6.07) is 5.72. The number of carbonyl (C=O) groups is 2. The zero-order valence-electron chi connectivity index (χ0n) is 15.7. The molecule has 2 amide bonds. The SMILES string of the molecule is Cc1cc(CN(C)C(=O)c2cc(C(=O)N[C@H]3C[C@@H]3CO)c[nH]c2=O)ccc1F. The molecule has 148 valence electrons. The van der Waals surface area contributed by atoms with Gasteiger partial charge in [-0.15, -0.1) is 0 Å². The number of carbonyl (C=O) groups excluding carboxylic acids is 2. The summed E-state index contributed by atoms with van der Waals surface area (Å²) in [5, 5.41) is 11.8. The highest BCUT2D eigenvalue weighted by atomic mass is 19.1. The molecule has 3 rings (SSSR count). The normalized spacial score (nSPS) is 17.9. The quantitative estimate of drug-likeness (QED) is 0.693. The Kier molecular flexibility index (Phi) is 5.60. The number of aryl methyl sites for hydroxylation is 1. The minimum Gasteiger partial charge on any atom is -0.396 e. The molecule has 1 saturated carbocycles. The summed E-state index contributed by atoms with van der Waals surface area (Å²) >= 11 is 0. The molecule has 0 radical (unpaired) electrons. The highest BCUT2D eigenvalue weighted by molar-refractivity contribution is 5.99. The Bertz CT molecular complexity index is 972. The monoisotopic (exact) mass is 387 g/mol. The third-order valence-corrected chi connectivity index (χ3v) is 4.86. The number of rotatable bonds is 6. The molecule has 8 heteroatoms. The number of H-pyrrole nitrogens is 1. The van der Waals surface area contributed by atoms with Crippen molar-refractivity contribution in [3.63, 3.8) is 0 Å². The average Bonchev–Trinajstić information content (AvgIpc) is 3.42. The van der Waals surface area contributed by atoms with E-state index in [4.69, 9.17) is 5.11 Å². The third kappa shape index (κ3) is 4.28. The summed E-state index contributed by atoms with van der Waals surface area (Å²) in [5.41, 5.74) is 0.615. The topological polar surface area (TPSA) is 102 Å². The molecule has 2 aromatic rings. The van der Waals surface area contributed by atoms with E-state index in [0.717, 1.165) is 5.56 Å². The first kappa shape index (κ1) is 19.8. The highest BCUT2D eigenvalue weighted by Gasteiger charge is 2.37. The van der Waals surface area contributed by atoms with Gasteiger partial charge in [0.05, 0.1) is 5.56 Å². The summed E-state index contributed by atoms with van der Waals surface area (Å²) in [7, 11) is 1.53. The van der Waals surface area contributed by atoms with E-state index >= 15 is 0 Å². The molecule has 1 aliphatic carbocycles. The predicted molar refractivity (Wildman–Crippen MR) is 100 cm³/mol. The van der Waals surface area contributed by atoms with E-state index in [2.05, 4.69) is 10.3 Å². The first-order chi connectivity index (χ1) is 13.3. The zero-order valence-corrected chi connectivity index (χ0v) is 15.7. The number of nitrogens with zero attached hydrogens (tertiary/aromatic N) is 1. The van der Waals surface area contributed by atoms with Crippen LogP contribution in [0.15, 0.2) is 35.3 Å². The highest BCUT2D eigenvalue weighted by Crippen LogP contribution is 2.29. The number of hydrogen-bond acceptors (Lipinski definition) is 4. The van der Waals surface area contributed by atoms with Crippen molar-refractivity contribution in [1.82, 2.24) is 15.2 Å². The van der Waals surface area contributed by atoms with Crippen LogP contribution in [0.3, 0.4) is 0 Å². The molecule has 0 spiro atoms. The van der Waals surface area contributed by atoms with E-state index in [-0.39, 0.29) is 42.1 Å². The first-order valence-corrected chi connectivity index (χ1v) is 8.95. The number of aliphatic hydroxyl groups is 1. The fraction of sp³-hybridized carbons (Fsp3) is 0.350. The molecule has 1 fully saturated rings. The molecule has 0 unspecified atom stereocenters. The summed E-state index contributed by atoms with van der Waals surface area (Å²) in [5.74, 6) is -1.23. The van der Waals surface area contributed by atoms with Crippen LogP contribution in [0.4, 0.5) is 4.39 Å². The Morgan fingerprint density at radius 1 is 1.36 bits per heavy atom. The van der Waals surface area contributed by atoms with Gasteiger partial charge in [0.1, 0.15) is 11.4 Å². The molecule has 2 atom stereocenters. The lowest BCUT2D eigenvalue weighted by Gasteiger charge is -2.17. The van der Waals surface area contributed by atoms with Crippen molar-refractivity contribution in [2.45, 2.75) is 25.9 Å². The fourth-order valence-electron chi connectivity index (χ4n) is 3.01. The van der Waals surface area contributed by atoms with E-state index in [1.54, 1.807) is 19.1 Å². The Labute approximate surface area is 161 Å². The number of benzene rings is 1. The molecule has 1 aromatic carbocycles. The Morgan fingerprint density at radius 2 is 2.11 bits per heavy atom. The van der Waals surface area contributed by atoms with Gasteiger partial charge in [-0.3, -0.25) is 14.4 Å². The Morgan fingerprint density at radius 3 is 2.75 bits per heavy atom. The van der Waals surface area contributed by atoms with Crippen molar-refractivity contribution >= 4 is 11.8 Å². The maximum Gasteiger partial charge on any atom is 0.260 e. The minimum absolute atomic E-state index is 0.00790. The molecule has 1 aromatic heterocycles. The van der Waals surface area contributed by atoms with Crippen LogP contribution in [0.1, 0.15) is 38.3 Å². The maximum absolute atomic E-state index is 13.4. The standard InChI is InChI=1S/C20H22FN3O4/c1-11-5-12(3-4-16(11)21)9-24(2)20(28)15-6-13(8-22-19(15)27)18(26)23-17-7-14(17)10-25/h3-6,8,14,17,25H,7,9-10H2,1-2H3,(H,22,27)(H,23,26)/t14-,17+/m1/s1. The van der Waals surface area contributed by atoms with E-state index in [1.807, 2.05) is 0 Å². The third-order valence-electron chi connectivity index (χ3n) is 4.86. The molecular weight excluding hydrogens is 365 g/mol. The number of pyridine rings is 1. The van der Waals surface area contributed by atoms with Crippen LogP contribution in [0.2, 0.25) is 0 Å². The van der Waals surface area contributed by atoms with Gasteiger partial charge in [0.25, 0.3) is 17.4 Å². The summed E-state index contributed by atoms with van der Waals surface area (Å²) < 4.78 is 13.4. The van der Waals surface area contributed by atoms with Gasteiger partial charge < -0.3 is 20.3 Å². The molecular formula is C20H22FN3O4. The number of aliphatic hydroxyl groups excluding tert-OH is 1. The second kappa shape index (κ2) is 7.93. The second-order valence-electron chi connectivity index (χ2n) is 7.13. The molecule has 1 aliphatic rings. The van der Waals surface area contributed by atoms with Crippen molar-refractivity contribution in [1.29, 1.82) is 0 Å². The van der Waals surface area contributed by atoms with Crippen molar-refractivity contribution in [3.8, 4) is 0 Å². The number of halogens is 1. The van der Waals surface area contributed by atoms with E-state index in [0.29, 0.717) is 12.0 Å². The van der Waals surface area contributed by atoms with Gasteiger partial charge >= 0.3 is 0 Å². The van der Waals surface area contributed by atoms with Crippen molar-refractivity contribution < 1.29 is 19.1 Å². The number of amides is 2. The molecule has 0 saturated heterocycles. The molecule has 0 bridgehead atoms. The Hall–Kier alpha value is -3.00. The fourth-order valence-corrected chi connectivity index (χ4v) is 3.01. The number of hydrogen-bond donors (Lipinski definition) is 3. The molecule has 28 heavy (non-hydrogen) atoms. The van der Waals surface area contributed by atoms with Gasteiger partial charge in [0.2, 0.25) is 0 Å². The smallest absolute Gasteiger partial charge is 0.260 e. The number of nitrogens with one attached hydrogen (secondary N) is 2. The summed E-state index contributed by atoms with van der Waals surface area (Å²) in [6.07, 6.45) is 1.96. The van der Waals surface area contributed by atoms with E-state index < -0.39 is 17.4 Å². The zero-order chi connectivity index (χ0) is 20.4. The van der Waals surface area contributed by atoms with Crippen LogP contribution < -0.4 is 10.9 Å². The van der Waals surface area contributed by atoms with Crippen molar-refractivity contribution in [2.24, 2.45) is 5.92 Å². The molecule has 0 aliphatic heterocycles. The minimum atomic E-state index is -0.594. The lowest BCUT2D eigenvalue weighted by atomic mass is 10.1. The van der Waals surface area contributed by atoms with Gasteiger partial charge in [-0.1, -0.05) is 12.1 Å². The van der Waals surface area contributed by atoms with Gasteiger partial charge in [-0.05, 0) is 36.6 Å². The van der Waals surface area contributed by atoms with Gasteiger partial charge in [0, 0.05) is 38.4 Å². The molecule has 1 heterocycles. The van der Waals surface area contributed by atoms with Gasteiger partial charge in [-0.2, -0.15) is 0 Å². The summed E-state index contributed by atoms with van der Waals surface area (Å²) in [6.45, 7) is 1.83. The lowest BCUT2D eigenvalue weighted by molar-refractivity contribution is 0.0783. The molecule has 3 N–H and O–H groups in total. The van der Waals surface area contributed by atoms with Crippen LogP contribution in [-0.4, -0.2) is 46.5 Å². The molecule has 7 nitrogen and oxygen atoms in total. The maximum atomic E-state index is 13.4. The van der Waals surface area contributed by atoms with Gasteiger partial charge in [-0.25, -0.2) is 4.39 Å². The van der Waals surface area contributed by atoms with Crippen LogP contribution in [0.25, 0.3) is 0 Å². The van der Waals surface area contributed by atoms with Crippen LogP contribution >= 0.6 is 0 Å². The Balaban J connectivity index is 1.74. The van der Waals surface area contributed by atoms with E-state index in [1.165, 1.54) is 30.3 Å². The van der Waals surface area contributed by atoms with E-state index in [9.17, 15) is 18.8 Å². The van der Waals surface area contributed by atoms with Crippen molar-refractivity contribution in [2.75, 3.05) is 13.7 Å². The number of aromatic nitrogens is 1. The second-order valence-corrected chi connectivity index (χ2v) is 7.13.